The number of rotatable bonds is 7. The van der Waals surface area contributed by atoms with Crippen LogP contribution in [0.1, 0.15) is 17.5 Å². The van der Waals surface area contributed by atoms with Gasteiger partial charge in [-0.05, 0) is 37.5 Å². The van der Waals surface area contributed by atoms with Crippen LogP contribution in [0.25, 0.3) is 11.2 Å². The van der Waals surface area contributed by atoms with Gasteiger partial charge in [0.2, 0.25) is 5.13 Å². The summed E-state index contributed by atoms with van der Waals surface area (Å²) in [7, 11) is 3.38. The molecule has 0 amide bonds. The number of aryl methyl sites for hydroxylation is 3. The summed E-state index contributed by atoms with van der Waals surface area (Å²) in [6.07, 6.45) is 2.20. The second-order valence-corrected chi connectivity index (χ2v) is 9.59. The van der Waals surface area contributed by atoms with Gasteiger partial charge in [-0.2, -0.15) is 0 Å². The van der Waals surface area contributed by atoms with Gasteiger partial charge in [-0.1, -0.05) is 35.2 Å². The zero-order valence-corrected chi connectivity index (χ0v) is 19.4. The molecule has 0 aliphatic rings. The second kappa shape index (κ2) is 8.67. The first kappa shape index (κ1) is 21.3. The largest absolute Gasteiger partial charge is 0.332 e. The first-order valence-corrected chi connectivity index (χ1v) is 11.6. The van der Waals surface area contributed by atoms with Crippen LogP contribution in [0.4, 0.5) is 10.8 Å². The van der Waals surface area contributed by atoms with Gasteiger partial charge in [0.15, 0.2) is 15.5 Å². The molecule has 1 N–H and O–H groups in total. The van der Waals surface area contributed by atoms with Gasteiger partial charge in [0.1, 0.15) is 0 Å². The Kier molecular flexibility index (Phi) is 5.96. The van der Waals surface area contributed by atoms with E-state index < -0.39 is 0 Å². The first-order valence-electron chi connectivity index (χ1n) is 9.77. The Labute approximate surface area is 186 Å². The molecule has 0 radical (unpaired) electrons. The molecule has 0 aliphatic heterocycles. The van der Waals surface area contributed by atoms with Crippen LogP contribution in [0.5, 0.6) is 0 Å². The van der Waals surface area contributed by atoms with Crippen LogP contribution in [-0.4, -0.2) is 34.6 Å². The number of thioether (sulfide) groups is 1. The summed E-state index contributed by atoms with van der Waals surface area (Å²) in [5, 5.41) is 12.5. The van der Waals surface area contributed by atoms with E-state index in [1.807, 2.05) is 12.1 Å². The van der Waals surface area contributed by atoms with Crippen molar-refractivity contribution in [2.45, 2.75) is 31.2 Å². The third-order valence-corrected chi connectivity index (χ3v) is 7.26. The minimum Gasteiger partial charge on any atom is -0.330 e. The molecule has 3 heterocycles. The minimum atomic E-state index is -0.350. The summed E-state index contributed by atoms with van der Waals surface area (Å²) in [6.45, 7) is 4.49. The van der Waals surface area contributed by atoms with Crippen LogP contribution in [0, 0.1) is 13.8 Å². The van der Waals surface area contributed by atoms with Crippen molar-refractivity contribution in [3.8, 4) is 0 Å². The van der Waals surface area contributed by atoms with Crippen molar-refractivity contribution in [3.05, 3.63) is 56.5 Å². The Hall–Kier alpha value is -2.92. The Balaban J connectivity index is 1.39. The third-order valence-electron chi connectivity index (χ3n) is 5.21. The molecule has 31 heavy (non-hydrogen) atoms. The Morgan fingerprint density at radius 3 is 2.77 bits per heavy atom. The fraction of sp³-hybridized carbons (Fsp3) is 0.350. The molecule has 3 aromatic heterocycles. The predicted octanol–water partition coefficient (Wildman–Crippen LogP) is 2.83. The highest BCUT2D eigenvalue weighted by atomic mass is 32.2. The molecule has 0 aliphatic carbocycles. The smallest absolute Gasteiger partial charge is 0.330 e. The zero-order valence-electron chi connectivity index (χ0n) is 17.7. The molecular weight excluding hydrogens is 434 g/mol. The van der Waals surface area contributed by atoms with Gasteiger partial charge in [-0.15, -0.1) is 10.2 Å². The summed E-state index contributed by atoms with van der Waals surface area (Å²) in [4.78, 5) is 29.4. The van der Waals surface area contributed by atoms with Crippen molar-refractivity contribution in [2.75, 3.05) is 11.1 Å². The third kappa shape index (κ3) is 4.15. The van der Waals surface area contributed by atoms with Crippen molar-refractivity contribution in [1.82, 2.24) is 28.9 Å². The van der Waals surface area contributed by atoms with Crippen molar-refractivity contribution in [2.24, 2.45) is 14.1 Å². The van der Waals surface area contributed by atoms with Gasteiger partial charge in [0.25, 0.3) is 5.56 Å². The quantitative estimate of drug-likeness (QED) is 0.336. The molecule has 0 fully saturated rings. The van der Waals surface area contributed by atoms with E-state index in [-0.39, 0.29) is 11.2 Å². The average Bonchev–Trinajstić information content (AvgIpc) is 3.35. The van der Waals surface area contributed by atoms with E-state index in [2.05, 4.69) is 40.4 Å². The maximum atomic E-state index is 12.7. The Morgan fingerprint density at radius 1 is 1.16 bits per heavy atom. The summed E-state index contributed by atoms with van der Waals surface area (Å²) in [6, 6.07) is 6.11. The van der Waals surface area contributed by atoms with Crippen LogP contribution in [0.2, 0.25) is 0 Å². The van der Waals surface area contributed by atoms with Crippen molar-refractivity contribution in [1.29, 1.82) is 0 Å². The summed E-state index contributed by atoms with van der Waals surface area (Å²) in [5.41, 5.74) is 3.60. The van der Waals surface area contributed by atoms with E-state index in [1.165, 1.54) is 31.6 Å². The van der Waals surface area contributed by atoms with E-state index >= 15 is 0 Å². The number of fused-ring (bicyclic) bond motifs is 1. The lowest BCUT2D eigenvalue weighted by atomic mass is 10.1. The van der Waals surface area contributed by atoms with Gasteiger partial charge in [0, 0.05) is 32.1 Å². The first-order chi connectivity index (χ1) is 14.9. The highest BCUT2D eigenvalue weighted by Crippen LogP contribution is 2.29. The van der Waals surface area contributed by atoms with Gasteiger partial charge < -0.3 is 9.88 Å². The van der Waals surface area contributed by atoms with Gasteiger partial charge in [0.05, 0.1) is 6.33 Å². The number of anilines is 2. The molecule has 4 aromatic rings. The lowest BCUT2D eigenvalue weighted by molar-refractivity contribution is 0.594. The molecule has 0 bridgehead atoms. The van der Waals surface area contributed by atoms with Crippen molar-refractivity contribution < 1.29 is 0 Å². The number of hydrogen-bond donors (Lipinski definition) is 1. The highest BCUT2D eigenvalue weighted by Gasteiger charge is 2.15. The maximum Gasteiger partial charge on any atom is 0.332 e. The molecule has 1 aromatic carbocycles. The Morgan fingerprint density at radius 2 is 1.97 bits per heavy atom. The van der Waals surface area contributed by atoms with Gasteiger partial charge >= 0.3 is 5.69 Å². The topological polar surface area (TPSA) is 99.6 Å². The summed E-state index contributed by atoms with van der Waals surface area (Å²) < 4.78 is 5.18. The normalized spacial score (nSPS) is 11.4. The molecule has 162 valence electrons. The van der Waals surface area contributed by atoms with E-state index in [0.717, 1.165) is 20.9 Å². The van der Waals surface area contributed by atoms with Gasteiger partial charge in [-0.3, -0.25) is 13.9 Å². The van der Waals surface area contributed by atoms with Crippen molar-refractivity contribution >= 4 is 45.1 Å². The maximum absolute atomic E-state index is 12.7. The molecule has 0 unspecified atom stereocenters. The zero-order chi connectivity index (χ0) is 22.1. The lowest BCUT2D eigenvalue weighted by Gasteiger charge is -2.08. The van der Waals surface area contributed by atoms with Crippen LogP contribution in [0.15, 0.2) is 38.5 Å². The average molecular weight is 458 g/mol. The minimum absolute atomic E-state index is 0.306. The molecule has 4 rings (SSSR count). The van der Waals surface area contributed by atoms with E-state index in [4.69, 9.17) is 0 Å². The molecule has 0 spiro atoms. The highest BCUT2D eigenvalue weighted by molar-refractivity contribution is 8.01. The fourth-order valence-electron chi connectivity index (χ4n) is 3.30. The Bertz CT molecular complexity index is 1370. The molecule has 0 saturated carbocycles. The number of hydrogen-bond acceptors (Lipinski definition) is 8. The number of imidazole rings is 1. The predicted molar refractivity (Wildman–Crippen MR) is 125 cm³/mol. The number of nitrogens with one attached hydrogen (secondary N) is 1. The summed E-state index contributed by atoms with van der Waals surface area (Å²) in [5.74, 6) is 0.719. The lowest BCUT2D eigenvalue weighted by Crippen LogP contribution is -2.39. The number of aromatic nitrogens is 6. The molecule has 0 atom stereocenters. The standard InChI is InChI=1S/C20H23N7O2S2/c1-12-7-5-8-14(13(12)2)22-18-23-24-19(31-18)30-10-6-9-27-17(28)15-16(21-11-25(15)3)26(4)20(27)29/h5,7-8,11H,6,9-10H2,1-4H3,(H,22,23). The van der Waals surface area contributed by atoms with Crippen LogP contribution < -0.4 is 16.6 Å². The van der Waals surface area contributed by atoms with E-state index in [9.17, 15) is 9.59 Å². The van der Waals surface area contributed by atoms with Gasteiger partial charge in [-0.25, -0.2) is 9.78 Å². The van der Waals surface area contributed by atoms with E-state index in [0.29, 0.717) is 24.1 Å². The van der Waals surface area contributed by atoms with E-state index in [1.54, 1.807) is 36.8 Å². The molecule has 0 saturated heterocycles. The fourth-order valence-corrected chi connectivity index (χ4v) is 5.05. The van der Waals surface area contributed by atoms with Crippen LogP contribution >= 0.6 is 23.1 Å². The summed E-state index contributed by atoms with van der Waals surface area (Å²) >= 11 is 3.05. The monoisotopic (exact) mass is 457 g/mol. The van der Waals surface area contributed by atoms with Crippen molar-refractivity contribution in [3.63, 3.8) is 0 Å². The number of benzene rings is 1. The SMILES string of the molecule is Cc1cccc(Nc2nnc(SCCCn3c(=O)c4c(ncn4C)n(C)c3=O)s2)c1C. The molecule has 11 heteroatoms. The van der Waals surface area contributed by atoms with Crippen LogP contribution in [-0.2, 0) is 20.6 Å². The second-order valence-electron chi connectivity index (χ2n) is 7.27. The molecule has 9 nitrogen and oxygen atoms in total. The number of nitrogens with zero attached hydrogens (tertiary/aromatic N) is 6. The molecular formula is C20H23N7O2S2. The van der Waals surface area contributed by atoms with Crippen LogP contribution in [0.3, 0.4) is 0 Å².